The number of halogens is 1. The summed E-state index contributed by atoms with van der Waals surface area (Å²) >= 11 is 0. The summed E-state index contributed by atoms with van der Waals surface area (Å²) in [5.41, 5.74) is 5.30. The molecule has 1 aliphatic heterocycles. The second-order valence-electron chi connectivity index (χ2n) is 7.77. The fourth-order valence-electron chi connectivity index (χ4n) is 4.40. The lowest BCUT2D eigenvalue weighted by molar-refractivity contribution is 0.102. The highest BCUT2D eigenvalue weighted by Crippen LogP contribution is 2.30. The number of carbonyl (C=O) groups excluding carboxylic acids is 1. The number of aromatic amines is 1. The first-order chi connectivity index (χ1) is 14.2. The smallest absolute Gasteiger partial charge is 0.255 e. The number of carbonyl (C=O) groups is 1. The van der Waals surface area contributed by atoms with E-state index in [1.54, 1.807) is 12.1 Å². The third-order valence-electron chi connectivity index (χ3n) is 5.92. The number of aryl methyl sites for hydroxylation is 2. The number of nitrogens with zero attached hydrogens (tertiary/aromatic N) is 1. The quantitative estimate of drug-likeness (QED) is 0.699. The van der Waals surface area contributed by atoms with E-state index in [4.69, 9.17) is 4.74 Å². The lowest BCUT2D eigenvalue weighted by Crippen LogP contribution is -2.36. The summed E-state index contributed by atoms with van der Waals surface area (Å²) in [4.78, 5) is 18.2. The Morgan fingerprint density at radius 3 is 2.72 bits per heavy atom. The van der Waals surface area contributed by atoms with E-state index in [2.05, 4.69) is 10.3 Å². The summed E-state index contributed by atoms with van der Waals surface area (Å²) in [5, 5.41) is 3.96. The number of ether oxygens (including phenoxy) is 1. The Bertz CT molecular complexity index is 1070. The van der Waals surface area contributed by atoms with Crippen LogP contribution in [0.1, 0.15) is 34.5 Å². The molecule has 0 saturated carbocycles. The highest BCUT2D eigenvalue weighted by molar-refractivity contribution is 6.06. The zero-order valence-electron chi connectivity index (χ0n) is 16.3. The van der Waals surface area contributed by atoms with E-state index in [9.17, 15) is 9.18 Å². The molecule has 1 fully saturated rings. The van der Waals surface area contributed by atoms with Crippen LogP contribution in [0.3, 0.4) is 0 Å². The molecule has 5 rings (SSSR count). The van der Waals surface area contributed by atoms with Crippen molar-refractivity contribution in [3.8, 4) is 0 Å². The van der Waals surface area contributed by atoms with Crippen molar-refractivity contribution in [2.24, 2.45) is 0 Å². The van der Waals surface area contributed by atoms with Crippen LogP contribution in [0.5, 0.6) is 0 Å². The predicted molar refractivity (Wildman–Crippen MR) is 112 cm³/mol. The number of nitrogens with one attached hydrogen (secondary N) is 2. The second kappa shape index (κ2) is 7.52. The van der Waals surface area contributed by atoms with Gasteiger partial charge in [0.1, 0.15) is 5.82 Å². The summed E-state index contributed by atoms with van der Waals surface area (Å²) in [6.45, 7) is 2.54. The molecule has 0 bridgehead atoms. The van der Waals surface area contributed by atoms with Gasteiger partial charge in [0.25, 0.3) is 5.91 Å². The van der Waals surface area contributed by atoms with Gasteiger partial charge in [-0.2, -0.15) is 0 Å². The molecule has 1 aliphatic carbocycles. The average Bonchev–Trinajstić information content (AvgIpc) is 3.12. The molecule has 1 saturated heterocycles. The second-order valence-corrected chi connectivity index (χ2v) is 7.77. The van der Waals surface area contributed by atoms with Crippen molar-refractivity contribution in [2.75, 3.05) is 36.5 Å². The third-order valence-corrected chi connectivity index (χ3v) is 5.92. The molecule has 1 aromatic heterocycles. The molecular weight excluding hydrogens is 369 g/mol. The van der Waals surface area contributed by atoms with E-state index in [-0.39, 0.29) is 11.7 Å². The highest BCUT2D eigenvalue weighted by atomic mass is 19.1. The summed E-state index contributed by atoms with van der Waals surface area (Å²) in [5.74, 6) is -0.559. The molecule has 0 radical (unpaired) electrons. The van der Waals surface area contributed by atoms with Crippen molar-refractivity contribution >= 4 is 28.2 Å². The topological polar surface area (TPSA) is 57.4 Å². The Kier molecular flexibility index (Phi) is 4.72. The van der Waals surface area contributed by atoms with E-state index < -0.39 is 0 Å². The number of amides is 1. The number of H-pyrrole nitrogens is 1. The number of anilines is 2. The zero-order valence-corrected chi connectivity index (χ0v) is 16.3. The molecule has 29 heavy (non-hydrogen) atoms. The highest BCUT2D eigenvalue weighted by Gasteiger charge is 2.18. The average molecular weight is 393 g/mol. The molecule has 2 N–H and O–H groups in total. The maximum Gasteiger partial charge on any atom is 0.255 e. The fraction of sp³-hybridized carbons (Fsp3) is 0.348. The molecule has 1 amide bonds. The summed E-state index contributed by atoms with van der Waals surface area (Å²) < 4.78 is 19.9. The van der Waals surface area contributed by atoms with Crippen molar-refractivity contribution in [2.45, 2.75) is 25.7 Å². The van der Waals surface area contributed by atoms with Crippen LogP contribution >= 0.6 is 0 Å². The Morgan fingerprint density at radius 1 is 1.07 bits per heavy atom. The standard InChI is InChI=1S/C23H24FN3O2/c24-19-14-16(6-8-22(19)27-9-11-29-12-10-27)25-23(28)15-5-7-21-18(13-15)17-3-1-2-4-20(17)26-21/h5-8,13-14,26H,1-4,9-12H2,(H,25,28). The molecule has 3 aromatic rings. The van der Waals surface area contributed by atoms with Gasteiger partial charge in [-0.05, 0) is 67.6 Å². The van der Waals surface area contributed by atoms with Crippen LogP contribution in [0.25, 0.3) is 10.9 Å². The van der Waals surface area contributed by atoms with Crippen LogP contribution in [0, 0.1) is 5.82 Å². The van der Waals surface area contributed by atoms with Gasteiger partial charge in [-0.15, -0.1) is 0 Å². The van der Waals surface area contributed by atoms with Gasteiger partial charge < -0.3 is 19.9 Å². The van der Waals surface area contributed by atoms with E-state index in [1.165, 1.54) is 30.2 Å². The number of aromatic nitrogens is 1. The van der Waals surface area contributed by atoms with Gasteiger partial charge in [0.15, 0.2) is 0 Å². The van der Waals surface area contributed by atoms with Gasteiger partial charge in [0, 0.05) is 40.9 Å². The van der Waals surface area contributed by atoms with Crippen molar-refractivity contribution in [3.63, 3.8) is 0 Å². The fourth-order valence-corrected chi connectivity index (χ4v) is 4.40. The van der Waals surface area contributed by atoms with Crippen molar-refractivity contribution in [1.82, 2.24) is 4.98 Å². The summed E-state index contributed by atoms with van der Waals surface area (Å²) in [6.07, 6.45) is 4.51. The van der Waals surface area contributed by atoms with E-state index >= 15 is 0 Å². The van der Waals surface area contributed by atoms with Gasteiger partial charge in [-0.1, -0.05) is 0 Å². The molecule has 2 aliphatic rings. The zero-order chi connectivity index (χ0) is 19.8. The lowest BCUT2D eigenvalue weighted by atomic mass is 9.95. The Labute approximate surface area is 168 Å². The van der Waals surface area contributed by atoms with Gasteiger partial charge in [0.05, 0.1) is 18.9 Å². The molecule has 2 heterocycles. The number of rotatable bonds is 3. The van der Waals surface area contributed by atoms with E-state index in [0.717, 1.165) is 23.7 Å². The van der Waals surface area contributed by atoms with Crippen molar-refractivity contribution in [1.29, 1.82) is 0 Å². The van der Waals surface area contributed by atoms with E-state index in [1.807, 2.05) is 23.1 Å². The van der Waals surface area contributed by atoms with Crippen LogP contribution in [0.2, 0.25) is 0 Å². The van der Waals surface area contributed by atoms with Crippen LogP contribution in [0.4, 0.5) is 15.8 Å². The molecule has 2 aromatic carbocycles. The molecular formula is C23H24FN3O2. The first-order valence-corrected chi connectivity index (χ1v) is 10.3. The van der Waals surface area contributed by atoms with Gasteiger partial charge in [0.2, 0.25) is 0 Å². The molecule has 0 spiro atoms. The maximum absolute atomic E-state index is 14.6. The molecule has 6 heteroatoms. The molecule has 0 unspecified atom stereocenters. The third kappa shape index (κ3) is 3.49. The minimum absolute atomic E-state index is 0.226. The summed E-state index contributed by atoms with van der Waals surface area (Å²) in [6, 6.07) is 10.6. The largest absolute Gasteiger partial charge is 0.378 e. The van der Waals surface area contributed by atoms with Crippen LogP contribution in [0.15, 0.2) is 36.4 Å². The normalized spacial score (nSPS) is 16.7. The number of morpholine rings is 1. The number of hydrogen-bond acceptors (Lipinski definition) is 3. The molecule has 5 nitrogen and oxygen atoms in total. The van der Waals surface area contributed by atoms with Crippen molar-refractivity contribution in [3.05, 3.63) is 59.0 Å². The minimum atomic E-state index is -0.333. The van der Waals surface area contributed by atoms with Gasteiger partial charge >= 0.3 is 0 Å². The lowest BCUT2D eigenvalue weighted by Gasteiger charge is -2.29. The van der Waals surface area contributed by atoms with Crippen LogP contribution < -0.4 is 10.2 Å². The first-order valence-electron chi connectivity index (χ1n) is 10.3. The Morgan fingerprint density at radius 2 is 1.90 bits per heavy atom. The Hall–Kier alpha value is -2.86. The number of fused-ring (bicyclic) bond motifs is 3. The van der Waals surface area contributed by atoms with Crippen LogP contribution in [-0.4, -0.2) is 37.2 Å². The first kappa shape index (κ1) is 18.2. The van der Waals surface area contributed by atoms with E-state index in [0.29, 0.717) is 43.2 Å². The molecule has 0 atom stereocenters. The maximum atomic E-state index is 14.6. The number of benzene rings is 2. The number of hydrogen-bond donors (Lipinski definition) is 2. The SMILES string of the molecule is O=C(Nc1ccc(N2CCOCC2)c(F)c1)c1ccc2[nH]c3c(c2c1)CCCC3. The van der Waals surface area contributed by atoms with Gasteiger partial charge in [-0.25, -0.2) is 4.39 Å². The van der Waals surface area contributed by atoms with Crippen LogP contribution in [-0.2, 0) is 17.6 Å². The Balaban J connectivity index is 1.36. The minimum Gasteiger partial charge on any atom is -0.378 e. The van der Waals surface area contributed by atoms with Crippen molar-refractivity contribution < 1.29 is 13.9 Å². The monoisotopic (exact) mass is 393 g/mol. The predicted octanol–water partition coefficient (Wildman–Crippen LogP) is 4.27. The van der Waals surface area contributed by atoms with Gasteiger partial charge in [-0.3, -0.25) is 4.79 Å². The summed E-state index contributed by atoms with van der Waals surface area (Å²) in [7, 11) is 0. The molecule has 150 valence electrons.